The van der Waals surface area contributed by atoms with Crippen LogP contribution in [0, 0.1) is 5.82 Å². The molecule has 1 aromatic rings. The second-order valence-electron chi connectivity index (χ2n) is 4.39. The van der Waals surface area contributed by atoms with Crippen LogP contribution in [0.4, 0.5) is 10.1 Å². The van der Waals surface area contributed by atoms with Crippen LogP contribution in [0.1, 0.15) is 19.8 Å². The molecule has 0 bridgehead atoms. The summed E-state index contributed by atoms with van der Waals surface area (Å²) in [5, 5.41) is 3.19. The van der Waals surface area contributed by atoms with Gasteiger partial charge >= 0.3 is 10.2 Å². The second-order valence-corrected chi connectivity index (χ2v) is 6.17. The standard InChI is InChI=1S/C12H21FN4O2S/c1-3-6-14-7-4-9-17(2)20(18,19)16-12-5-8-15-10-11(12)13/h5,8,10,14H,3-4,6-7,9H2,1-2H3,(H,15,16). The van der Waals surface area contributed by atoms with Crippen LogP contribution in [0.25, 0.3) is 0 Å². The fraction of sp³-hybridized carbons (Fsp3) is 0.583. The maximum absolute atomic E-state index is 13.4. The van der Waals surface area contributed by atoms with Crippen molar-refractivity contribution in [2.75, 3.05) is 31.4 Å². The number of nitrogens with zero attached hydrogens (tertiary/aromatic N) is 2. The van der Waals surface area contributed by atoms with Crippen molar-refractivity contribution in [3.63, 3.8) is 0 Å². The summed E-state index contributed by atoms with van der Waals surface area (Å²) in [6.07, 6.45) is 4.02. The molecule has 0 saturated carbocycles. The minimum Gasteiger partial charge on any atom is -0.317 e. The molecular weight excluding hydrogens is 283 g/mol. The number of hydrogen-bond acceptors (Lipinski definition) is 4. The molecule has 0 aromatic carbocycles. The van der Waals surface area contributed by atoms with E-state index in [-0.39, 0.29) is 5.69 Å². The molecule has 0 aliphatic rings. The summed E-state index contributed by atoms with van der Waals surface area (Å²) in [7, 11) is -2.28. The van der Waals surface area contributed by atoms with Gasteiger partial charge in [0.05, 0.1) is 11.9 Å². The van der Waals surface area contributed by atoms with Gasteiger partial charge in [0, 0.05) is 19.8 Å². The van der Waals surface area contributed by atoms with E-state index < -0.39 is 16.0 Å². The van der Waals surface area contributed by atoms with E-state index in [0.29, 0.717) is 13.0 Å². The van der Waals surface area contributed by atoms with E-state index in [4.69, 9.17) is 0 Å². The summed E-state index contributed by atoms with van der Waals surface area (Å²) in [5.41, 5.74) is -0.101. The first-order chi connectivity index (χ1) is 9.47. The number of anilines is 1. The number of aromatic nitrogens is 1. The van der Waals surface area contributed by atoms with E-state index in [1.165, 1.54) is 23.6 Å². The molecule has 0 fully saturated rings. The molecule has 6 nitrogen and oxygen atoms in total. The molecule has 1 rings (SSSR count). The summed E-state index contributed by atoms with van der Waals surface area (Å²) < 4.78 is 40.7. The molecule has 0 saturated heterocycles. The van der Waals surface area contributed by atoms with Crippen molar-refractivity contribution in [1.29, 1.82) is 0 Å². The predicted octanol–water partition coefficient (Wildman–Crippen LogP) is 1.20. The van der Waals surface area contributed by atoms with Gasteiger partial charge in [-0.15, -0.1) is 0 Å². The number of rotatable bonds is 9. The molecule has 8 heteroatoms. The zero-order chi connectivity index (χ0) is 15.0. The Morgan fingerprint density at radius 1 is 1.40 bits per heavy atom. The third kappa shape index (κ3) is 5.40. The van der Waals surface area contributed by atoms with Crippen molar-refractivity contribution in [2.24, 2.45) is 0 Å². The van der Waals surface area contributed by atoms with Crippen LogP contribution in [0.15, 0.2) is 18.5 Å². The Bertz CT molecular complexity index is 510. The lowest BCUT2D eigenvalue weighted by Gasteiger charge is -2.18. The first-order valence-electron chi connectivity index (χ1n) is 6.51. The van der Waals surface area contributed by atoms with Crippen molar-refractivity contribution in [1.82, 2.24) is 14.6 Å². The molecule has 1 aromatic heterocycles. The summed E-state index contributed by atoms with van der Waals surface area (Å²) in [6.45, 7) is 4.09. The molecule has 0 aliphatic carbocycles. The Hall–Kier alpha value is -1.25. The third-order valence-electron chi connectivity index (χ3n) is 2.68. The van der Waals surface area contributed by atoms with Gasteiger partial charge in [0.25, 0.3) is 0 Å². The van der Waals surface area contributed by atoms with E-state index in [0.717, 1.165) is 25.7 Å². The Balaban J connectivity index is 2.49. The molecule has 0 radical (unpaired) electrons. The van der Waals surface area contributed by atoms with Crippen molar-refractivity contribution in [3.8, 4) is 0 Å². The van der Waals surface area contributed by atoms with Gasteiger partial charge in [-0.05, 0) is 32.0 Å². The highest BCUT2D eigenvalue weighted by Gasteiger charge is 2.18. The van der Waals surface area contributed by atoms with Crippen LogP contribution in [0.3, 0.4) is 0 Å². The lowest BCUT2D eigenvalue weighted by Crippen LogP contribution is -2.34. The molecule has 0 spiro atoms. The second kappa shape index (κ2) is 8.13. The fourth-order valence-corrected chi connectivity index (χ4v) is 2.49. The highest BCUT2D eigenvalue weighted by atomic mass is 32.2. The first-order valence-corrected chi connectivity index (χ1v) is 7.95. The van der Waals surface area contributed by atoms with Crippen LogP contribution in [0.5, 0.6) is 0 Å². The zero-order valence-electron chi connectivity index (χ0n) is 11.8. The topological polar surface area (TPSA) is 74.3 Å². The van der Waals surface area contributed by atoms with Crippen molar-refractivity contribution >= 4 is 15.9 Å². The molecule has 0 atom stereocenters. The van der Waals surface area contributed by atoms with Crippen molar-refractivity contribution < 1.29 is 12.8 Å². The lowest BCUT2D eigenvalue weighted by atomic mass is 10.4. The number of halogens is 1. The van der Waals surface area contributed by atoms with Crippen LogP contribution < -0.4 is 10.0 Å². The maximum Gasteiger partial charge on any atom is 0.301 e. The van der Waals surface area contributed by atoms with E-state index in [1.54, 1.807) is 0 Å². The Kier molecular flexibility index (Phi) is 6.83. The largest absolute Gasteiger partial charge is 0.317 e. The molecular formula is C12H21FN4O2S. The van der Waals surface area contributed by atoms with E-state index in [1.807, 2.05) is 0 Å². The molecule has 2 N–H and O–H groups in total. The summed E-state index contributed by atoms with van der Waals surface area (Å²) in [6, 6.07) is 1.28. The van der Waals surface area contributed by atoms with Crippen molar-refractivity contribution in [2.45, 2.75) is 19.8 Å². The van der Waals surface area contributed by atoms with Gasteiger partial charge in [-0.3, -0.25) is 9.71 Å². The van der Waals surface area contributed by atoms with Gasteiger partial charge in [0.1, 0.15) is 0 Å². The third-order valence-corrected chi connectivity index (χ3v) is 4.16. The van der Waals surface area contributed by atoms with Gasteiger partial charge < -0.3 is 5.32 Å². The van der Waals surface area contributed by atoms with Gasteiger partial charge in [0.2, 0.25) is 0 Å². The van der Waals surface area contributed by atoms with Gasteiger partial charge in [0.15, 0.2) is 5.82 Å². The average Bonchev–Trinajstić information content (AvgIpc) is 2.40. The van der Waals surface area contributed by atoms with E-state index in [2.05, 4.69) is 21.9 Å². The molecule has 0 amide bonds. The summed E-state index contributed by atoms with van der Waals surface area (Å²) >= 11 is 0. The Morgan fingerprint density at radius 2 is 2.15 bits per heavy atom. The maximum atomic E-state index is 13.4. The molecule has 0 aliphatic heterocycles. The minimum atomic E-state index is -3.74. The van der Waals surface area contributed by atoms with Crippen LogP contribution >= 0.6 is 0 Å². The average molecular weight is 304 g/mol. The van der Waals surface area contributed by atoms with Crippen LogP contribution in [-0.2, 0) is 10.2 Å². The Morgan fingerprint density at radius 3 is 2.80 bits per heavy atom. The van der Waals surface area contributed by atoms with Crippen molar-refractivity contribution in [3.05, 3.63) is 24.3 Å². The minimum absolute atomic E-state index is 0.101. The zero-order valence-corrected chi connectivity index (χ0v) is 12.6. The predicted molar refractivity (Wildman–Crippen MR) is 77.1 cm³/mol. The summed E-state index contributed by atoms with van der Waals surface area (Å²) in [5.74, 6) is -0.700. The fourth-order valence-electron chi connectivity index (χ4n) is 1.52. The van der Waals surface area contributed by atoms with E-state index in [9.17, 15) is 12.8 Å². The Labute approximate surface area is 119 Å². The molecule has 1 heterocycles. The van der Waals surface area contributed by atoms with Crippen LogP contribution in [0.2, 0.25) is 0 Å². The molecule has 0 unspecified atom stereocenters. The highest BCUT2D eigenvalue weighted by Crippen LogP contribution is 2.14. The molecule has 114 valence electrons. The van der Waals surface area contributed by atoms with Gasteiger partial charge in [-0.1, -0.05) is 6.92 Å². The SMILES string of the molecule is CCCNCCCN(C)S(=O)(=O)Nc1ccncc1F. The van der Waals surface area contributed by atoms with Gasteiger partial charge in [-0.25, -0.2) is 4.39 Å². The normalized spacial score (nSPS) is 11.8. The highest BCUT2D eigenvalue weighted by molar-refractivity contribution is 7.90. The molecule has 20 heavy (non-hydrogen) atoms. The van der Waals surface area contributed by atoms with E-state index >= 15 is 0 Å². The van der Waals surface area contributed by atoms with Crippen LogP contribution in [-0.4, -0.2) is 44.4 Å². The monoisotopic (exact) mass is 304 g/mol. The first kappa shape index (κ1) is 16.8. The number of hydrogen-bond donors (Lipinski definition) is 2. The smallest absolute Gasteiger partial charge is 0.301 e. The summed E-state index contributed by atoms with van der Waals surface area (Å²) in [4.78, 5) is 3.57. The van der Waals surface area contributed by atoms with Gasteiger partial charge in [-0.2, -0.15) is 12.7 Å². The quantitative estimate of drug-likeness (QED) is 0.672. The number of pyridine rings is 1. The lowest BCUT2D eigenvalue weighted by molar-refractivity contribution is 0.458. The number of nitrogens with one attached hydrogen (secondary N) is 2.